The SMILES string of the molecule is CNC(CN1CCC[C@H]2CCCC[C@H]21)C(C)C. The maximum absolute atomic E-state index is 3.50. The van der Waals surface area contributed by atoms with Gasteiger partial charge in [-0.3, -0.25) is 4.90 Å². The molecule has 2 aliphatic rings. The van der Waals surface area contributed by atoms with Crippen LogP contribution in [0.3, 0.4) is 0 Å². The summed E-state index contributed by atoms with van der Waals surface area (Å²) in [7, 11) is 2.12. The smallest absolute Gasteiger partial charge is 0.0215 e. The van der Waals surface area contributed by atoms with Crippen LogP contribution in [-0.2, 0) is 0 Å². The quantitative estimate of drug-likeness (QED) is 0.810. The Kier molecular flexibility index (Phi) is 4.87. The first-order valence-corrected chi connectivity index (χ1v) is 7.63. The van der Waals surface area contributed by atoms with Crippen molar-refractivity contribution in [3.8, 4) is 0 Å². The van der Waals surface area contributed by atoms with Gasteiger partial charge in [-0.05, 0) is 51.1 Å². The Hall–Kier alpha value is -0.0800. The molecule has 0 aromatic rings. The summed E-state index contributed by atoms with van der Waals surface area (Å²) in [5.41, 5.74) is 0. The molecule has 1 unspecified atom stereocenters. The van der Waals surface area contributed by atoms with Gasteiger partial charge in [-0.2, -0.15) is 0 Å². The van der Waals surface area contributed by atoms with Crippen molar-refractivity contribution in [2.24, 2.45) is 11.8 Å². The normalized spacial score (nSPS) is 32.5. The summed E-state index contributed by atoms with van der Waals surface area (Å²) in [5.74, 6) is 1.76. The molecule has 100 valence electrons. The lowest BCUT2D eigenvalue weighted by Crippen LogP contribution is -2.52. The third kappa shape index (κ3) is 3.23. The molecule has 2 fully saturated rings. The predicted octanol–water partition coefficient (Wildman–Crippen LogP) is 2.89. The molecule has 1 aliphatic heterocycles. The fourth-order valence-corrected chi connectivity index (χ4v) is 3.84. The van der Waals surface area contributed by atoms with Crippen LogP contribution < -0.4 is 5.32 Å². The maximum atomic E-state index is 3.50. The van der Waals surface area contributed by atoms with Gasteiger partial charge in [0.1, 0.15) is 0 Å². The van der Waals surface area contributed by atoms with Gasteiger partial charge in [0.2, 0.25) is 0 Å². The van der Waals surface area contributed by atoms with Crippen molar-refractivity contribution in [1.29, 1.82) is 0 Å². The lowest BCUT2D eigenvalue weighted by molar-refractivity contribution is 0.0492. The third-order valence-electron chi connectivity index (χ3n) is 4.96. The second kappa shape index (κ2) is 6.19. The van der Waals surface area contributed by atoms with E-state index in [4.69, 9.17) is 0 Å². The molecule has 1 aliphatic carbocycles. The first-order valence-electron chi connectivity index (χ1n) is 7.63. The molecule has 1 N–H and O–H groups in total. The van der Waals surface area contributed by atoms with E-state index in [1.807, 2.05) is 0 Å². The molecule has 1 saturated heterocycles. The monoisotopic (exact) mass is 238 g/mol. The van der Waals surface area contributed by atoms with Gasteiger partial charge in [0, 0.05) is 18.6 Å². The van der Waals surface area contributed by atoms with Gasteiger partial charge in [0.25, 0.3) is 0 Å². The van der Waals surface area contributed by atoms with Crippen LogP contribution in [0.15, 0.2) is 0 Å². The molecule has 0 aromatic carbocycles. The van der Waals surface area contributed by atoms with Crippen LogP contribution in [-0.4, -0.2) is 37.1 Å². The second-order valence-electron chi connectivity index (χ2n) is 6.39. The molecule has 1 saturated carbocycles. The van der Waals surface area contributed by atoms with Crippen molar-refractivity contribution in [3.63, 3.8) is 0 Å². The van der Waals surface area contributed by atoms with Gasteiger partial charge >= 0.3 is 0 Å². The Balaban J connectivity index is 1.94. The number of piperidine rings is 1. The minimum Gasteiger partial charge on any atom is -0.315 e. The molecular weight excluding hydrogens is 208 g/mol. The summed E-state index contributed by atoms with van der Waals surface area (Å²) in [6.07, 6.45) is 8.81. The van der Waals surface area contributed by atoms with E-state index in [1.54, 1.807) is 0 Å². The van der Waals surface area contributed by atoms with Gasteiger partial charge in [0.15, 0.2) is 0 Å². The fourth-order valence-electron chi connectivity index (χ4n) is 3.84. The number of likely N-dealkylation sites (tertiary alicyclic amines) is 1. The van der Waals surface area contributed by atoms with E-state index in [2.05, 4.69) is 31.1 Å². The summed E-state index contributed by atoms with van der Waals surface area (Å²) in [4.78, 5) is 2.80. The van der Waals surface area contributed by atoms with E-state index in [0.717, 1.165) is 17.9 Å². The zero-order chi connectivity index (χ0) is 12.3. The minimum absolute atomic E-state index is 0.663. The highest BCUT2D eigenvalue weighted by Crippen LogP contribution is 2.35. The van der Waals surface area contributed by atoms with Crippen LogP contribution in [0.5, 0.6) is 0 Å². The number of fused-ring (bicyclic) bond motifs is 1. The molecule has 0 aromatic heterocycles. The van der Waals surface area contributed by atoms with Crippen molar-refractivity contribution in [1.82, 2.24) is 10.2 Å². The standard InChI is InChI=1S/C15H30N2/c1-12(2)14(16-3)11-17-10-6-8-13-7-4-5-9-15(13)17/h12-16H,4-11H2,1-3H3/t13-,14?,15-/m1/s1. The van der Waals surface area contributed by atoms with Crippen LogP contribution in [0.2, 0.25) is 0 Å². The number of hydrogen-bond donors (Lipinski definition) is 1. The number of nitrogens with one attached hydrogen (secondary N) is 1. The highest BCUT2D eigenvalue weighted by molar-refractivity contribution is 4.89. The highest BCUT2D eigenvalue weighted by Gasteiger charge is 2.34. The summed E-state index contributed by atoms with van der Waals surface area (Å²) in [5, 5.41) is 3.50. The maximum Gasteiger partial charge on any atom is 0.0215 e. The Bertz CT molecular complexity index is 225. The van der Waals surface area contributed by atoms with Crippen molar-refractivity contribution in [2.45, 2.75) is 64.5 Å². The van der Waals surface area contributed by atoms with Crippen molar-refractivity contribution in [2.75, 3.05) is 20.1 Å². The first kappa shape index (κ1) is 13.4. The molecule has 0 bridgehead atoms. The average molecular weight is 238 g/mol. The fraction of sp³-hybridized carbons (Fsp3) is 1.00. The second-order valence-corrected chi connectivity index (χ2v) is 6.39. The molecule has 3 atom stereocenters. The number of rotatable bonds is 4. The molecule has 2 nitrogen and oxygen atoms in total. The topological polar surface area (TPSA) is 15.3 Å². The van der Waals surface area contributed by atoms with Crippen LogP contribution in [0.4, 0.5) is 0 Å². The van der Waals surface area contributed by atoms with E-state index in [0.29, 0.717) is 6.04 Å². The van der Waals surface area contributed by atoms with Crippen molar-refractivity contribution < 1.29 is 0 Å². The summed E-state index contributed by atoms with van der Waals surface area (Å²) in [6, 6.07) is 1.57. The molecule has 1 heterocycles. The zero-order valence-electron chi connectivity index (χ0n) is 11.9. The van der Waals surface area contributed by atoms with Gasteiger partial charge < -0.3 is 5.32 Å². The van der Waals surface area contributed by atoms with E-state index < -0.39 is 0 Å². The van der Waals surface area contributed by atoms with E-state index in [-0.39, 0.29) is 0 Å². The van der Waals surface area contributed by atoms with E-state index in [9.17, 15) is 0 Å². The highest BCUT2D eigenvalue weighted by atomic mass is 15.2. The molecule has 0 spiro atoms. The zero-order valence-corrected chi connectivity index (χ0v) is 11.9. The van der Waals surface area contributed by atoms with Crippen LogP contribution in [0, 0.1) is 11.8 Å². The number of nitrogens with zero attached hydrogens (tertiary/aromatic N) is 1. The van der Waals surface area contributed by atoms with Gasteiger partial charge in [-0.15, -0.1) is 0 Å². The minimum atomic E-state index is 0.663. The molecule has 17 heavy (non-hydrogen) atoms. The van der Waals surface area contributed by atoms with Crippen LogP contribution in [0.1, 0.15) is 52.4 Å². The Labute approximate surface area is 107 Å². The molecule has 2 rings (SSSR count). The summed E-state index contributed by atoms with van der Waals surface area (Å²) >= 11 is 0. The Morgan fingerprint density at radius 1 is 1.12 bits per heavy atom. The lowest BCUT2D eigenvalue weighted by atomic mass is 9.78. The average Bonchev–Trinajstić information content (AvgIpc) is 2.35. The van der Waals surface area contributed by atoms with E-state index in [1.165, 1.54) is 51.6 Å². The van der Waals surface area contributed by atoms with Gasteiger partial charge in [-0.1, -0.05) is 26.7 Å². The number of hydrogen-bond acceptors (Lipinski definition) is 2. The van der Waals surface area contributed by atoms with Gasteiger partial charge in [-0.25, -0.2) is 0 Å². The molecule has 0 radical (unpaired) electrons. The van der Waals surface area contributed by atoms with Crippen LogP contribution in [0.25, 0.3) is 0 Å². The predicted molar refractivity (Wildman–Crippen MR) is 74.2 cm³/mol. The van der Waals surface area contributed by atoms with E-state index >= 15 is 0 Å². The molecular formula is C15H30N2. The third-order valence-corrected chi connectivity index (χ3v) is 4.96. The molecule has 2 heteroatoms. The Morgan fingerprint density at radius 2 is 1.82 bits per heavy atom. The summed E-state index contributed by atoms with van der Waals surface area (Å²) in [6.45, 7) is 7.27. The lowest BCUT2D eigenvalue weighted by Gasteiger charge is -2.45. The largest absolute Gasteiger partial charge is 0.315 e. The Morgan fingerprint density at radius 3 is 2.53 bits per heavy atom. The van der Waals surface area contributed by atoms with Crippen LogP contribution >= 0.6 is 0 Å². The van der Waals surface area contributed by atoms with Crippen molar-refractivity contribution in [3.05, 3.63) is 0 Å². The molecule has 0 amide bonds. The summed E-state index contributed by atoms with van der Waals surface area (Å²) < 4.78 is 0. The number of likely N-dealkylation sites (N-methyl/N-ethyl adjacent to an activating group) is 1. The van der Waals surface area contributed by atoms with Gasteiger partial charge in [0.05, 0.1) is 0 Å². The van der Waals surface area contributed by atoms with Crippen molar-refractivity contribution >= 4 is 0 Å². The first-order chi connectivity index (χ1) is 8.22.